The van der Waals surface area contributed by atoms with Crippen molar-refractivity contribution in [3.63, 3.8) is 0 Å². The molecule has 0 amide bonds. The zero-order valence-electron chi connectivity index (χ0n) is 68.3. The van der Waals surface area contributed by atoms with Gasteiger partial charge >= 0.3 is 5.97 Å². The molecular weight excluding hydrogens is 1600 g/mol. The molecule has 0 heterocycles. The van der Waals surface area contributed by atoms with Gasteiger partial charge < -0.3 is 109 Å². The number of ether oxygens (including phenoxy) is 21. The molecule has 1 rings (SSSR count). The summed E-state index contributed by atoms with van der Waals surface area (Å²) in [5.41, 5.74) is 0.387. The second-order valence-corrected chi connectivity index (χ2v) is 24.7. The summed E-state index contributed by atoms with van der Waals surface area (Å²) in [5, 5.41) is 8.66. The molecule has 0 spiro atoms. The Morgan fingerprint density at radius 2 is 0.576 bits per heavy atom. The number of aldehydes is 1. The number of carbonyl (C=O) groups is 2. The van der Waals surface area contributed by atoms with E-state index in [1.54, 1.807) is 28.3 Å². The highest BCUT2D eigenvalue weighted by Crippen LogP contribution is 2.18. The summed E-state index contributed by atoms with van der Waals surface area (Å²) in [6, 6.07) is 9.79. The van der Waals surface area contributed by atoms with Crippen LogP contribution in [0.3, 0.4) is 0 Å². The molecule has 1 aromatic rings. The Bertz CT molecular complexity index is 1850. The van der Waals surface area contributed by atoms with Crippen molar-refractivity contribution in [1.29, 1.82) is 0 Å². The van der Waals surface area contributed by atoms with Crippen LogP contribution in [0.5, 0.6) is 5.75 Å². The van der Waals surface area contributed by atoms with Gasteiger partial charge in [0.15, 0.2) is 0 Å². The lowest BCUT2D eigenvalue weighted by atomic mass is 10.0. The predicted molar refractivity (Wildman–Crippen MR) is 555 cm³/mol. The standard InChI is InChI=1S/C23H48O7.C17H28O4.C14H26O5.C13H28O4.C12H24O4.22CH4/c1-7-22(29-15-13-26-11-10-24-8-2)19-23(30-14-12-25-9-3)18-21(6)28-17-16-27-20(4)5;1-4-16(14-15(2)19-11-10-18-3)20-12-13-21-17-8-6-5-7-9-17;1-5-13(10-12(4)17-7-6-15)18-8-9-19-14(16)11(2)3;1-5-13(17-10-8-15-6-2)11-12(3)16-9-7-14-4;1-4-12(16-7-5-6-13)10-11(2)15-9-8-14-3;;;;;;;;;;;;;;;;;;;;;;/h20-23H,7-19H2,1-6H3;5-9,15-16H,4,10-14H2,1-3H3;12-13,15H,2,5-10H2,1,3-4H3;12-13H,5-11H2,1-4H3;6,11-12H,4-5,7-10H2,1-3H3;22*1H4. The van der Waals surface area contributed by atoms with E-state index in [0.29, 0.717) is 157 Å². The van der Waals surface area contributed by atoms with Gasteiger partial charge in [0, 0.05) is 53.1 Å². The van der Waals surface area contributed by atoms with Crippen molar-refractivity contribution >= 4 is 12.3 Å². The van der Waals surface area contributed by atoms with Crippen molar-refractivity contribution in [2.45, 2.75) is 424 Å². The Hall–Kier alpha value is -2.90. The van der Waals surface area contributed by atoms with E-state index in [0.717, 1.165) is 95.9 Å². The molecule has 0 saturated carbocycles. The number of methoxy groups -OCH3 is 3. The van der Waals surface area contributed by atoms with Crippen LogP contribution in [-0.2, 0) is 104 Å². The van der Waals surface area contributed by atoms with Gasteiger partial charge in [-0.25, -0.2) is 4.79 Å². The Kier molecular flexibility index (Phi) is 236. The van der Waals surface area contributed by atoms with Gasteiger partial charge in [0.05, 0.1) is 212 Å². The Morgan fingerprint density at radius 1 is 0.320 bits per heavy atom. The molecule has 1 N–H and O–H groups in total. The number of rotatable bonds is 69. The van der Waals surface area contributed by atoms with Crippen molar-refractivity contribution in [3.05, 3.63) is 42.5 Å². The van der Waals surface area contributed by atoms with Crippen LogP contribution in [0.25, 0.3) is 0 Å². The molecule has 0 fully saturated rings. The van der Waals surface area contributed by atoms with Crippen LogP contribution < -0.4 is 4.74 Å². The van der Waals surface area contributed by atoms with E-state index in [-0.39, 0.29) is 250 Å². The first kappa shape index (κ1) is 194. The molecule has 0 radical (unpaired) electrons. The zero-order valence-corrected chi connectivity index (χ0v) is 68.3. The predicted octanol–water partition coefficient (Wildman–Crippen LogP) is 26.9. The van der Waals surface area contributed by atoms with Crippen LogP contribution in [-0.4, -0.2) is 284 Å². The molecule has 0 aliphatic carbocycles. The molecule has 24 heteroatoms. The average molecular weight is 1840 g/mol. The summed E-state index contributed by atoms with van der Waals surface area (Å²) in [4.78, 5) is 21.3. The second-order valence-electron chi connectivity index (χ2n) is 24.7. The summed E-state index contributed by atoms with van der Waals surface area (Å²) < 4.78 is 115. The van der Waals surface area contributed by atoms with Crippen molar-refractivity contribution < 1.29 is 114 Å². The number of para-hydroxylation sites is 1. The SMILES string of the molecule is C.C.C.C.C.C.C.C.C.C.C.C.C.C.C.C.C.C.C.C.C.C.C=C(C)C(=O)OCCOC(CC)CC(C)OCCO.CCC(CC(C)OCCOC)OCCC=O.CCC(CC(C)OCCOC)OCCOc1ccccc1.CCOCCOC(CC)CC(C)OCCOC.CCOCCOCCOC(CC)CC(CC(C)OCCOC(C)C)OCCOCC. The van der Waals surface area contributed by atoms with Crippen LogP contribution in [0, 0.1) is 0 Å². The minimum atomic E-state index is -0.392. The number of hydrogen-bond donors (Lipinski definition) is 1. The topological polar surface area (TPSA) is 248 Å². The van der Waals surface area contributed by atoms with Crippen molar-refractivity contribution in [2.75, 3.05) is 193 Å². The number of aliphatic hydroxyl groups is 1. The molecule has 0 aromatic heterocycles. The zero-order chi connectivity index (χ0) is 77.6. The summed E-state index contributed by atoms with van der Waals surface area (Å²) in [6.07, 6.45) is 13.0. The third-order valence-electron chi connectivity index (χ3n) is 15.1. The van der Waals surface area contributed by atoms with Crippen molar-refractivity contribution in [1.82, 2.24) is 0 Å². The van der Waals surface area contributed by atoms with Crippen molar-refractivity contribution in [2.24, 2.45) is 0 Å². The lowest BCUT2D eigenvalue weighted by Crippen LogP contribution is -2.29. The van der Waals surface area contributed by atoms with Gasteiger partial charge in [-0.3, -0.25) is 0 Å². The maximum Gasteiger partial charge on any atom is 0.333 e. The highest BCUT2D eigenvalue weighted by Gasteiger charge is 2.21. The molecule has 24 nitrogen and oxygen atoms in total. The Morgan fingerprint density at radius 3 is 0.880 bits per heavy atom. The average Bonchev–Trinajstić information content (AvgIpc) is 0.930. The normalized spacial score (nSPS) is 11.9. The summed E-state index contributed by atoms with van der Waals surface area (Å²) in [6.45, 7) is 50.5. The lowest BCUT2D eigenvalue weighted by molar-refractivity contribution is -0.141. The van der Waals surface area contributed by atoms with Gasteiger partial charge in [0.1, 0.15) is 25.2 Å². The fourth-order valence-electron chi connectivity index (χ4n) is 9.38. The van der Waals surface area contributed by atoms with Crippen LogP contribution in [0.1, 0.15) is 351 Å². The largest absolute Gasteiger partial charge is 0.491 e. The fourth-order valence-corrected chi connectivity index (χ4v) is 9.38. The van der Waals surface area contributed by atoms with E-state index in [9.17, 15) is 9.59 Å². The summed E-state index contributed by atoms with van der Waals surface area (Å²) >= 11 is 0. The third-order valence-corrected chi connectivity index (χ3v) is 15.1. The molecule has 0 bridgehead atoms. The molecule has 11 atom stereocenters. The lowest BCUT2D eigenvalue weighted by Gasteiger charge is -2.26. The smallest absolute Gasteiger partial charge is 0.333 e. The number of carbonyl (C=O) groups excluding carboxylic acids is 2. The molecule has 11 unspecified atom stereocenters. The van der Waals surface area contributed by atoms with Gasteiger partial charge in [-0.15, -0.1) is 0 Å². The summed E-state index contributed by atoms with van der Waals surface area (Å²) in [7, 11) is 5.02. The van der Waals surface area contributed by atoms with Crippen molar-refractivity contribution in [3.8, 4) is 5.75 Å². The van der Waals surface area contributed by atoms with E-state index in [2.05, 4.69) is 55.0 Å². The second kappa shape index (κ2) is 152. The van der Waals surface area contributed by atoms with Crippen LogP contribution in [0.4, 0.5) is 0 Å². The van der Waals surface area contributed by atoms with E-state index in [1.807, 2.05) is 85.7 Å². The Labute approximate surface area is 788 Å². The molecule has 0 aliphatic heterocycles. The summed E-state index contributed by atoms with van der Waals surface area (Å²) in [5.74, 6) is 0.488. The number of hydrogen-bond acceptors (Lipinski definition) is 24. The highest BCUT2D eigenvalue weighted by atomic mass is 16.6. The van der Waals surface area contributed by atoms with Crippen LogP contribution in [0.2, 0.25) is 0 Å². The molecule has 790 valence electrons. The monoisotopic (exact) mass is 1840 g/mol. The van der Waals surface area contributed by atoms with Gasteiger partial charge in [-0.1, -0.05) is 223 Å². The number of benzene rings is 1. The van der Waals surface area contributed by atoms with E-state index in [1.165, 1.54) is 0 Å². The Balaban J connectivity index is -0.0000000397. The molecule has 0 saturated heterocycles. The third kappa shape index (κ3) is 144. The molecule has 125 heavy (non-hydrogen) atoms. The highest BCUT2D eigenvalue weighted by molar-refractivity contribution is 5.86. The first-order chi connectivity index (χ1) is 49.8. The first-order valence-corrected chi connectivity index (χ1v) is 38.5. The van der Waals surface area contributed by atoms with Gasteiger partial charge in [-0.2, -0.15) is 0 Å². The molecule has 0 aliphatic rings. The van der Waals surface area contributed by atoms with Gasteiger partial charge in [0.2, 0.25) is 0 Å². The van der Waals surface area contributed by atoms with E-state index in [4.69, 9.17) is 105 Å². The fraction of sp³-hybridized carbons (Fsp3) is 0.901. The minimum Gasteiger partial charge on any atom is -0.491 e. The quantitative estimate of drug-likeness (QED) is 0.0275. The molecule has 1 aromatic carbocycles. The minimum absolute atomic E-state index is 0. The number of aliphatic hydroxyl groups excluding tert-OH is 1. The van der Waals surface area contributed by atoms with E-state index >= 15 is 0 Å². The first-order valence-electron chi connectivity index (χ1n) is 38.5. The maximum atomic E-state index is 11.1. The van der Waals surface area contributed by atoms with E-state index < -0.39 is 5.97 Å². The van der Waals surface area contributed by atoms with Gasteiger partial charge in [-0.05, 0) is 159 Å². The van der Waals surface area contributed by atoms with Gasteiger partial charge in [0.25, 0.3) is 0 Å². The maximum absolute atomic E-state index is 11.1. The van der Waals surface area contributed by atoms with Crippen LogP contribution in [0.15, 0.2) is 42.5 Å². The number of esters is 1. The van der Waals surface area contributed by atoms with Crippen LogP contribution >= 0.6 is 0 Å². The molecular formula is C101H242O24.